The summed E-state index contributed by atoms with van der Waals surface area (Å²) in [5, 5.41) is 29.5. The summed E-state index contributed by atoms with van der Waals surface area (Å²) < 4.78 is 1.51. The number of aromatic nitrogens is 4. The lowest BCUT2D eigenvalue weighted by Crippen LogP contribution is -2.07. The molecule has 0 bridgehead atoms. The lowest BCUT2D eigenvalue weighted by Gasteiger charge is -2.09. The second kappa shape index (κ2) is 5.23. The fraction of sp³-hybridized carbons (Fsp3) is 0.214. The summed E-state index contributed by atoms with van der Waals surface area (Å²) in [6.07, 6.45) is 5.26. The highest BCUT2D eigenvalue weighted by Gasteiger charge is 2.23. The zero-order chi connectivity index (χ0) is 15.8. The number of nitriles is 2. The second-order valence-electron chi connectivity index (χ2n) is 5.12. The summed E-state index contributed by atoms with van der Waals surface area (Å²) in [6, 6.07) is 6.41. The molecule has 0 aromatic carbocycles. The minimum atomic E-state index is 0.361. The van der Waals surface area contributed by atoms with Crippen molar-refractivity contribution in [3.63, 3.8) is 0 Å². The summed E-state index contributed by atoms with van der Waals surface area (Å²) in [6.45, 7) is 0. The molecule has 0 spiro atoms. The maximum absolute atomic E-state index is 9.19. The SMILES string of the molecule is N#Cc1cnc(Nc2cc(NC3CC3)c3ncc(C#N)n3n2)s1. The lowest BCUT2D eigenvalue weighted by molar-refractivity contribution is 0.924. The van der Waals surface area contributed by atoms with Crippen molar-refractivity contribution in [1.29, 1.82) is 10.5 Å². The number of thiazole rings is 1. The zero-order valence-corrected chi connectivity index (χ0v) is 12.6. The Morgan fingerprint density at radius 2 is 2.09 bits per heavy atom. The Labute approximate surface area is 135 Å². The van der Waals surface area contributed by atoms with Gasteiger partial charge in [-0.2, -0.15) is 15.0 Å². The van der Waals surface area contributed by atoms with Gasteiger partial charge in [-0.3, -0.25) is 0 Å². The third-order valence-corrected chi connectivity index (χ3v) is 4.19. The number of nitrogens with zero attached hydrogens (tertiary/aromatic N) is 6. The minimum Gasteiger partial charge on any atom is -0.379 e. The molecule has 3 heterocycles. The van der Waals surface area contributed by atoms with E-state index < -0.39 is 0 Å². The molecule has 4 rings (SSSR count). The van der Waals surface area contributed by atoms with Crippen LogP contribution in [-0.4, -0.2) is 25.6 Å². The summed E-state index contributed by atoms with van der Waals surface area (Å²) in [7, 11) is 0. The molecule has 1 aliphatic carbocycles. The lowest BCUT2D eigenvalue weighted by atomic mass is 10.4. The molecule has 0 unspecified atom stereocenters. The van der Waals surface area contributed by atoms with Gasteiger partial charge in [0.25, 0.3) is 0 Å². The van der Waals surface area contributed by atoms with E-state index in [-0.39, 0.29) is 0 Å². The Bertz CT molecular complexity index is 969. The predicted octanol–water partition coefficient (Wildman–Crippen LogP) is 2.25. The molecule has 0 saturated heterocycles. The van der Waals surface area contributed by atoms with Gasteiger partial charge in [0.05, 0.1) is 18.1 Å². The van der Waals surface area contributed by atoms with Crippen LogP contribution in [0.4, 0.5) is 16.6 Å². The molecular formula is C14H10N8S. The molecule has 0 atom stereocenters. The van der Waals surface area contributed by atoms with Crippen LogP contribution in [0.1, 0.15) is 23.4 Å². The highest BCUT2D eigenvalue weighted by molar-refractivity contribution is 7.16. The van der Waals surface area contributed by atoms with Crippen molar-refractivity contribution in [2.45, 2.75) is 18.9 Å². The van der Waals surface area contributed by atoms with E-state index in [2.05, 4.69) is 31.8 Å². The van der Waals surface area contributed by atoms with Crippen LogP contribution >= 0.6 is 11.3 Å². The zero-order valence-electron chi connectivity index (χ0n) is 11.8. The third-order valence-electron chi connectivity index (χ3n) is 3.37. The molecule has 3 aromatic heterocycles. The number of rotatable bonds is 4. The Hall–Kier alpha value is -3.17. The fourth-order valence-electron chi connectivity index (χ4n) is 2.15. The van der Waals surface area contributed by atoms with Gasteiger partial charge in [0.2, 0.25) is 0 Å². The van der Waals surface area contributed by atoms with Gasteiger partial charge in [-0.05, 0) is 12.8 Å². The molecule has 1 fully saturated rings. The van der Waals surface area contributed by atoms with Crippen LogP contribution in [-0.2, 0) is 0 Å². The van der Waals surface area contributed by atoms with Gasteiger partial charge in [0.1, 0.15) is 17.0 Å². The predicted molar refractivity (Wildman–Crippen MR) is 84.5 cm³/mol. The van der Waals surface area contributed by atoms with Crippen molar-refractivity contribution < 1.29 is 0 Å². The van der Waals surface area contributed by atoms with Gasteiger partial charge in [-0.1, -0.05) is 11.3 Å². The van der Waals surface area contributed by atoms with E-state index in [1.807, 2.05) is 12.1 Å². The fourth-order valence-corrected chi connectivity index (χ4v) is 2.77. The summed E-state index contributed by atoms with van der Waals surface area (Å²) in [5.41, 5.74) is 1.80. The molecule has 1 aliphatic rings. The highest BCUT2D eigenvalue weighted by Crippen LogP contribution is 2.29. The largest absolute Gasteiger partial charge is 0.379 e. The monoisotopic (exact) mass is 322 g/mol. The van der Waals surface area contributed by atoms with Crippen LogP contribution < -0.4 is 10.6 Å². The standard InChI is InChI=1S/C14H10N8S/c15-4-9-6-17-13-11(19-8-1-2-8)3-12(21-22(9)13)20-14-18-7-10(5-16)23-14/h3,6-8,19H,1-2H2,(H,18,20,21). The minimum absolute atomic E-state index is 0.361. The average Bonchev–Trinajstić information content (AvgIpc) is 3.10. The van der Waals surface area contributed by atoms with Gasteiger partial charge in [0, 0.05) is 12.1 Å². The van der Waals surface area contributed by atoms with Crippen molar-refractivity contribution in [1.82, 2.24) is 19.6 Å². The topological polar surface area (TPSA) is 115 Å². The van der Waals surface area contributed by atoms with Gasteiger partial charge in [-0.25, -0.2) is 9.97 Å². The molecule has 112 valence electrons. The van der Waals surface area contributed by atoms with Crippen molar-refractivity contribution in [3.05, 3.63) is 29.0 Å². The normalized spacial score (nSPS) is 13.5. The second-order valence-corrected chi connectivity index (χ2v) is 6.15. The molecule has 1 saturated carbocycles. The molecule has 0 amide bonds. The number of anilines is 3. The molecule has 8 nitrogen and oxygen atoms in total. The van der Waals surface area contributed by atoms with Crippen LogP contribution in [0.15, 0.2) is 18.5 Å². The van der Waals surface area contributed by atoms with E-state index in [9.17, 15) is 5.26 Å². The Morgan fingerprint density at radius 3 is 2.78 bits per heavy atom. The van der Waals surface area contributed by atoms with Gasteiger partial charge < -0.3 is 10.6 Å². The van der Waals surface area contributed by atoms with E-state index in [1.54, 1.807) is 0 Å². The van der Waals surface area contributed by atoms with E-state index in [0.717, 1.165) is 18.5 Å². The molecular weight excluding hydrogens is 312 g/mol. The van der Waals surface area contributed by atoms with E-state index in [0.29, 0.717) is 33.2 Å². The Balaban J connectivity index is 1.76. The van der Waals surface area contributed by atoms with E-state index in [1.165, 1.54) is 28.2 Å². The highest BCUT2D eigenvalue weighted by atomic mass is 32.1. The number of hydrogen-bond donors (Lipinski definition) is 2. The number of fused-ring (bicyclic) bond motifs is 1. The van der Waals surface area contributed by atoms with Crippen LogP contribution in [0, 0.1) is 22.7 Å². The number of hydrogen-bond acceptors (Lipinski definition) is 8. The summed E-state index contributed by atoms with van der Waals surface area (Å²) >= 11 is 1.24. The first-order valence-electron chi connectivity index (χ1n) is 6.95. The summed E-state index contributed by atoms with van der Waals surface area (Å²) in [4.78, 5) is 8.92. The first-order chi connectivity index (χ1) is 11.3. The maximum atomic E-state index is 9.19. The van der Waals surface area contributed by atoms with E-state index in [4.69, 9.17) is 5.26 Å². The molecule has 9 heteroatoms. The average molecular weight is 322 g/mol. The number of nitrogens with one attached hydrogen (secondary N) is 2. The van der Waals surface area contributed by atoms with Crippen LogP contribution in [0.2, 0.25) is 0 Å². The third kappa shape index (κ3) is 2.54. The first-order valence-corrected chi connectivity index (χ1v) is 7.77. The molecule has 0 radical (unpaired) electrons. The van der Waals surface area contributed by atoms with Crippen molar-refractivity contribution in [3.8, 4) is 12.1 Å². The van der Waals surface area contributed by atoms with Crippen LogP contribution in [0.25, 0.3) is 5.65 Å². The van der Waals surface area contributed by atoms with Crippen molar-refractivity contribution in [2.24, 2.45) is 0 Å². The molecule has 3 aromatic rings. The van der Waals surface area contributed by atoms with Crippen molar-refractivity contribution in [2.75, 3.05) is 10.6 Å². The van der Waals surface area contributed by atoms with Gasteiger partial charge >= 0.3 is 0 Å². The number of imidazole rings is 1. The Morgan fingerprint density at radius 1 is 1.22 bits per heavy atom. The van der Waals surface area contributed by atoms with Crippen LogP contribution in [0.3, 0.4) is 0 Å². The molecule has 23 heavy (non-hydrogen) atoms. The maximum Gasteiger partial charge on any atom is 0.189 e. The molecule has 0 aliphatic heterocycles. The van der Waals surface area contributed by atoms with Crippen molar-refractivity contribution >= 4 is 33.6 Å². The smallest absolute Gasteiger partial charge is 0.189 e. The van der Waals surface area contributed by atoms with Gasteiger partial charge in [0.15, 0.2) is 22.3 Å². The first kappa shape index (κ1) is 13.5. The van der Waals surface area contributed by atoms with Gasteiger partial charge in [-0.15, -0.1) is 5.10 Å². The summed E-state index contributed by atoms with van der Waals surface area (Å²) in [5.74, 6) is 0.536. The van der Waals surface area contributed by atoms with E-state index >= 15 is 0 Å². The Kier molecular flexibility index (Phi) is 3.07. The van der Waals surface area contributed by atoms with Crippen LogP contribution in [0.5, 0.6) is 0 Å². The quantitative estimate of drug-likeness (QED) is 0.757. The molecule has 2 N–H and O–H groups in total.